The highest BCUT2D eigenvalue weighted by Gasteiger charge is 2.20. The van der Waals surface area contributed by atoms with Gasteiger partial charge in [-0.25, -0.2) is 4.39 Å². The Morgan fingerprint density at radius 2 is 2.15 bits per heavy atom. The van der Waals surface area contributed by atoms with Crippen molar-refractivity contribution in [2.24, 2.45) is 0 Å². The Labute approximate surface area is 121 Å². The molecule has 110 valence electrons. The third-order valence-corrected chi connectivity index (χ3v) is 3.49. The standard InChI is InChI=1S/C17H24FNO/c1-2-3-4-5-6-11-20-17-10-7-15(18)12-14(17)13-19-16-8-9-16/h2,7,10,12,16,19H,1,3-6,8-9,11,13H2. The van der Waals surface area contributed by atoms with Gasteiger partial charge in [-0.3, -0.25) is 0 Å². The first-order valence-electron chi connectivity index (χ1n) is 7.55. The van der Waals surface area contributed by atoms with Gasteiger partial charge in [0.15, 0.2) is 0 Å². The second kappa shape index (κ2) is 8.05. The molecule has 2 rings (SSSR count). The van der Waals surface area contributed by atoms with Crippen molar-refractivity contribution < 1.29 is 9.13 Å². The van der Waals surface area contributed by atoms with Crippen LogP contribution in [0.2, 0.25) is 0 Å². The average molecular weight is 277 g/mol. The number of nitrogens with one attached hydrogen (secondary N) is 1. The van der Waals surface area contributed by atoms with Crippen LogP contribution in [0.25, 0.3) is 0 Å². The molecule has 0 aliphatic heterocycles. The maximum absolute atomic E-state index is 13.3. The zero-order valence-electron chi connectivity index (χ0n) is 12.0. The molecule has 1 aliphatic rings. The number of benzene rings is 1. The molecule has 2 nitrogen and oxygen atoms in total. The van der Waals surface area contributed by atoms with E-state index in [-0.39, 0.29) is 5.82 Å². The number of allylic oxidation sites excluding steroid dienone is 1. The van der Waals surface area contributed by atoms with Crippen molar-refractivity contribution in [1.29, 1.82) is 0 Å². The van der Waals surface area contributed by atoms with Gasteiger partial charge in [0, 0.05) is 18.2 Å². The summed E-state index contributed by atoms with van der Waals surface area (Å²) in [4.78, 5) is 0. The zero-order chi connectivity index (χ0) is 14.2. The van der Waals surface area contributed by atoms with Crippen molar-refractivity contribution in [3.05, 3.63) is 42.2 Å². The van der Waals surface area contributed by atoms with Crippen LogP contribution >= 0.6 is 0 Å². The van der Waals surface area contributed by atoms with E-state index in [1.807, 2.05) is 6.08 Å². The molecular weight excluding hydrogens is 253 g/mol. The van der Waals surface area contributed by atoms with Crippen LogP contribution in [-0.2, 0) is 6.54 Å². The maximum atomic E-state index is 13.3. The summed E-state index contributed by atoms with van der Waals surface area (Å²) < 4.78 is 19.1. The topological polar surface area (TPSA) is 21.3 Å². The Hall–Kier alpha value is -1.35. The Balaban J connectivity index is 1.77. The van der Waals surface area contributed by atoms with E-state index >= 15 is 0 Å². The van der Waals surface area contributed by atoms with Crippen molar-refractivity contribution in [2.45, 2.75) is 51.1 Å². The highest BCUT2D eigenvalue weighted by molar-refractivity contribution is 5.34. The van der Waals surface area contributed by atoms with Crippen molar-refractivity contribution in [3.8, 4) is 5.75 Å². The molecule has 0 unspecified atom stereocenters. The van der Waals surface area contributed by atoms with Gasteiger partial charge in [0.2, 0.25) is 0 Å². The Morgan fingerprint density at radius 3 is 2.90 bits per heavy atom. The van der Waals surface area contributed by atoms with Crippen LogP contribution in [0.5, 0.6) is 5.75 Å². The number of hydrogen-bond acceptors (Lipinski definition) is 2. The Morgan fingerprint density at radius 1 is 1.30 bits per heavy atom. The second-order valence-corrected chi connectivity index (χ2v) is 5.39. The molecule has 3 heteroatoms. The van der Waals surface area contributed by atoms with Gasteiger partial charge in [0.25, 0.3) is 0 Å². The first kappa shape index (κ1) is 15.0. The van der Waals surface area contributed by atoms with E-state index < -0.39 is 0 Å². The number of hydrogen-bond donors (Lipinski definition) is 1. The molecule has 0 aromatic heterocycles. The molecule has 0 heterocycles. The first-order valence-corrected chi connectivity index (χ1v) is 7.55. The van der Waals surface area contributed by atoms with Crippen molar-refractivity contribution in [1.82, 2.24) is 5.32 Å². The van der Waals surface area contributed by atoms with Crippen LogP contribution < -0.4 is 10.1 Å². The lowest BCUT2D eigenvalue weighted by Gasteiger charge is -2.12. The van der Waals surface area contributed by atoms with E-state index in [0.717, 1.165) is 37.0 Å². The predicted octanol–water partition coefficient (Wildman–Crippen LogP) is 4.20. The number of rotatable bonds is 10. The third-order valence-electron chi connectivity index (χ3n) is 3.49. The SMILES string of the molecule is C=CCCCCCOc1ccc(F)cc1CNC1CC1. The number of halogens is 1. The number of unbranched alkanes of at least 4 members (excludes halogenated alkanes) is 3. The van der Waals surface area contributed by atoms with E-state index in [1.165, 1.54) is 18.9 Å². The predicted molar refractivity (Wildman–Crippen MR) is 80.4 cm³/mol. The molecule has 0 amide bonds. The summed E-state index contributed by atoms with van der Waals surface area (Å²) in [6.07, 6.45) is 8.80. The maximum Gasteiger partial charge on any atom is 0.123 e. The lowest BCUT2D eigenvalue weighted by atomic mass is 10.2. The van der Waals surface area contributed by atoms with E-state index in [9.17, 15) is 4.39 Å². The summed E-state index contributed by atoms with van der Waals surface area (Å²) in [6.45, 7) is 5.09. The Kier molecular flexibility index (Phi) is 6.06. The minimum atomic E-state index is -0.198. The summed E-state index contributed by atoms with van der Waals surface area (Å²) in [7, 11) is 0. The minimum absolute atomic E-state index is 0.198. The summed E-state index contributed by atoms with van der Waals surface area (Å²) in [5.41, 5.74) is 0.919. The second-order valence-electron chi connectivity index (χ2n) is 5.39. The van der Waals surface area contributed by atoms with E-state index in [2.05, 4.69) is 11.9 Å². The van der Waals surface area contributed by atoms with Crippen LogP contribution in [0.3, 0.4) is 0 Å². The fourth-order valence-corrected chi connectivity index (χ4v) is 2.12. The fraction of sp³-hybridized carbons (Fsp3) is 0.529. The molecule has 0 bridgehead atoms. The summed E-state index contributed by atoms with van der Waals surface area (Å²) in [5, 5.41) is 3.40. The van der Waals surface area contributed by atoms with Crippen molar-refractivity contribution in [3.63, 3.8) is 0 Å². The Bertz CT molecular complexity index is 429. The molecule has 1 aromatic carbocycles. The molecule has 0 atom stereocenters. The zero-order valence-corrected chi connectivity index (χ0v) is 12.0. The van der Waals surface area contributed by atoms with Gasteiger partial charge in [-0.2, -0.15) is 0 Å². The molecule has 1 saturated carbocycles. The van der Waals surface area contributed by atoms with Crippen LogP contribution in [0.4, 0.5) is 4.39 Å². The normalized spacial score (nSPS) is 14.2. The number of ether oxygens (including phenoxy) is 1. The van der Waals surface area contributed by atoms with Crippen molar-refractivity contribution in [2.75, 3.05) is 6.61 Å². The highest BCUT2D eigenvalue weighted by atomic mass is 19.1. The molecule has 1 aliphatic carbocycles. The smallest absolute Gasteiger partial charge is 0.123 e. The molecule has 1 aromatic rings. The van der Waals surface area contributed by atoms with Crippen LogP contribution in [0.15, 0.2) is 30.9 Å². The van der Waals surface area contributed by atoms with Gasteiger partial charge in [0.05, 0.1) is 6.61 Å². The summed E-state index contributed by atoms with van der Waals surface area (Å²) in [6, 6.07) is 5.39. The van der Waals surface area contributed by atoms with Gasteiger partial charge in [-0.15, -0.1) is 6.58 Å². The third kappa shape index (κ3) is 5.33. The van der Waals surface area contributed by atoms with Crippen LogP contribution in [0, 0.1) is 5.82 Å². The lowest BCUT2D eigenvalue weighted by Crippen LogP contribution is -2.16. The molecule has 0 saturated heterocycles. The molecule has 0 spiro atoms. The largest absolute Gasteiger partial charge is 0.493 e. The van der Waals surface area contributed by atoms with Crippen LogP contribution in [-0.4, -0.2) is 12.6 Å². The highest BCUT2D eigenvalue weighted by Crippen LogP contribution is 2.23. The quantitative estimate of drug-likeness (QED) is 0.511. The average Bonchev–Trinajstić information content (AvgIpc) is 3.26. The first-order chi connectivity index (χ1) is 9.79. The van der Waals surface area contributed by atoms with Crippen LogP contribution in [0.1, 0.15) is 44.1 Å². The summed E-state index contributed by atoms with van der Waals surface area (Å²) in [5.74, 6) is 0.610. The summed E-state index contributed by atoms with van der Waals surface area (Å²) >= 11 is 0. The van der Waals surface area contributed by atoms with E-state index in [4.69, 9.17) is 4.74 Å². The van der Waals surface area contributed by atoms with E-state index in [1.54, 1.807) is 12.1 Å². The fourth-order valence-electron chi connectivity index (χ4n) is 2.12. The van der Waals surface area contributed by atoms with Crippen molar-refractivity contribution >= 4 is 0 Å². The molecular formula is C17H24FNO. The monoisotopic (exact) mass is 277 g/mol. The molecule has 1 fully saturated rings. The van der Waals surface area contributed by atoms with Gasteiger partial charge in [0.1, 0.15) is 11.6 Å². The van der Waals surface area contributed by atoms with Gasteiger partial charge in [-0.05, 0) is 56.7 Å². The van der Waals surface area contributed by atoms with Gasteiger partial charge >= 0.3 is 0 Å². The lowest BCUT2D eigenvalue weighted by molar-refractivity contribution is 0.301. The van der Waals surface area contributed by atoms with Gasteiger partial charge < -0.3 is 10.1 Å². The molecule has 20 heavy (non-hydrogen) atoms. The minimum Gasteiger partial charge on any atom is -0.493 e. The van der Waals surface area contributed by atoms with E-state index in [0.29, 0.717) is 19.2 Å². The molecule has 0 radical (unpaired) electrons. The van der Waals surface area contributed by atoms with Gasteiger partial charge in [-0.1, -0.05) is 6.08 Å². The molecule has 1 N–H and O–H groups in total.